The number of benzene rings is 1. The summed E-state index contributed by atoms with van der Waals surface area (Å²) in [6, 6.07) is 6.81. The number of carboxylic acid groups (broad SMARTS) is 1. The van der Waals surface area contributed by atoms with Crippen LogP contribution >= 0.6 is 0 Å². The Morgan fingerprint density at radius 2 is 2.00 bits per heavy atom. The van der Waals surface area contributed by atoms with E-state index in [4.69, 9.17) is 5.11 Å². The van der Waals surface area contributed by atoms with Gasteiger partial charge < -0.3 is 10.0 Å². The summed E-state index contributed by atoms with van der Waals surface area (Å²) < 4.78 is 23.3. The number of hydrogen-bond donors (Lipinski definition) is 1. The number of carboxylic acids is 1. The van der Waals surface area contributed by atoms with Gasteiger partial charge in [0.2, 0.25) is 0 Å². The number of hydrogen-bond acceptors (Lipinski definition) is 4. The van der Waals surface area contributed by atoms with Crippen molar-refractivity contribution in [3.63, 3.8) is 0 Å². The maximum absolute atomic E-state index is 11.6. The normalized spacial score (nSPS) is 16.4. The Bertz CT molecular complexity index is 561. The fourth-order valence-corrected chi connectivity index (χ4v) is 3.08. The van der Waals surface area contributed by atoms with Gasteiger partial charge in [0.15, 0.2) is 9.84 Å². The highest BCUT2D eigenvalue weighted by molar-refractivity contribution is 7.90. The van der Waals surface area contributed by atoms with E-state index in [9.17, 15) is 13.2 Å². The first-order valence-electron chi connectivity index (χ1n) is 5.64. The number of carbonyl (C=O) groups is 1. The standard InChI is InChI=1S/C12H15NO4S/c1-18(16,17)11-5-3-2-4-10(11)13-7-9(8-13)6-12(14)15/h2-5,9H,6-8H2,1H3,(H,14,15). The predicted octanol–water partition coefficient (Wildman–Crippen LogP) is 1.00. The summed E-state index contributed by atoms with van der Waals surface area (Å²) in [5, 5.41) is 8.68. The Morgan fingerprint density at radius 3 is 2.56 bits per heavy atom. The molecule has 5 nitrogen and oxygen atoms in total. The minimum atomic E-state index is -3.25. The molecular weight excluding hydrogens is 254 g/mol. The van der Waals surface area contributed by atoms with E-state index < -0.39 is 15.8 Å². The van der Waals surface area contributed by atoms with Gasteiger partial charge in [0.05, 0.1) is 17.0 Å². The van der Waals surface area contributed by atoms with Crippen LogP contribution in [-0.2, 0) is 14.6 Å². The molecular formula is C12H15NO4S. The summed E-state index contributed by atoms with van der Waals surface area (Å²) in [7, 11) is -3.25. The highest BCUT2D eigenvalue weighted by atomic mass is 32.2. The van der Waals surface area contributed by atoms with Crippen LogP contribution in [0.2, 0.25) is 0 Å². The molecule has 1 aliphatic rings. The van der Waals surface area contributed by atoms with Gasteiger partial charge >= 0.3 is 5.97 Å². The number of sulfone groups is 1. The number of aliphatic carboxylic acids is 1. The zero-order chi connectivity index (χ0) is 13.3. The van der Waals surface area contributed by atoms with Crippen LogP contribution in [0.5, 0.6) is 0 Å². The summed E-state index contributed by atoms with van der Waals surface area (Å²) in [5.41, 5.74) is 0.668. The van der Waals surface area contributed by atoms with Gasteiger partial charge in [-0.1, -0.05) is 12.1 Å². The monoisotopic (exact) mass is 269 g/mol. The lowest BCUT2D eigenvalue weighted by molar-refractivity contribution is -0.138. The molecule has 0 bridgehead atoms. The molecule has 0 saturated carbocycles. The van der Waals surface area contributed by atoms with Crippen molar-refractivity contribution in [2.24, 2.45) is 5.92 Å². The number of anilines is 1. The average molecular weight is 269 g/mol. The van der Waals surface area contributed by atoms with Crippen molar-refractivity contribution < 1.29 is 18.3 Å². The van der Waals surface area contributed by atoms with Crippen LogP contribution in [0.4, 0.5) is 5.69 Å². The molecule has 0 amide bonds. The molecule has 1 aliphatic heterocycles. The average Bonchev–Trinajstić information content (AvgIpc) is 2.21. The van der Waals surface area contributed by atoms with E-state index in [0.29, 0.717) is 23.7 Å². The Morgan fingerprint density at radius 1 is 1.39 bits per heavy atom. The molecule has 1 heterocycles. The van der Waals surface area contributed by atoms with Crippen molar-refractivity contribution in [2.45, 2.75) is 11.3 Å². The third kappa shape index (κ3) is 2.64. The van der Waals surface area contributed by atoms with Crippen molar-refractivity contribution in [3.8, 4) is 0 Å². The molecule has 18 heavy (non-hydrogen) atoms. The highest BCUT2D eigenvalue weighted by Gasteiger charge is 2.31. The van der Waals surface area contributed by atoms with Crippen molar-refractivity contribution in [1.82, 2.24) is 0 Å². The van der Waals surface area contributed by atoms with Gasteiger partial charge in [0, 0.05) is 25.3 Å². The fourth-order valence-electron chi connectivity index (χ4n) is 2.17. The molecule has 0 spiro atoms. The number of rotatable bonds is 4. The van der Waals surface area contributed by atoms with Gasteiger partial charge in [-0.3, -0.25) is 4.79 Å². The second kappa shape index (κ2) is 4.61. The molecule has 6 heteroatoms. The fraction of sp³-hybridized carbons (Fsp3) is 0.417. The number of para-hydroxylation sites is 1. The van der Waals surface area contributed by atoms with Gasteiger partial charge in [0.25, 0.3) is 0 Å². The Kier molecular flexibility index (Phi) is 3.30. The van der Waals surface area contributed by atoms with E-state index in [1.165, 1.54) is 6.26 Å². The SMILES string of the molecule is CS(=O)(=O)c1ccccc1N1CC(CC(=O)O)C1. The summed E-state index contributed by atoms with van der Waals surface area (Å²) in [6.07, 6.45) is 1.32. The molecule has 0 aromatic heterocycles. The van der Waals surface area contributed by atoms with Crippen molar-refractivity contribution >= 4 is 21.5 Å². The first-order chi connectivity index (χ1) is 8.38. The molecule has 0 atom stereocenters. The Balaban J connectivity index is 2.15. The summed E-state index contributed by atoms with van der Waals surface area (Å²) in [5.74, 6) is -0.703. The van der Waals surface area contributed by atoms with Crippen molar-refractivity contribution in [2.75, 3.05) is 24.2 Å². The van der Waals surface area contributed by atoms with Gasteiger partial charge in [0.1, 0.15) is 0 Å². The van der Waals surface area contributed by atoms with Gasteiger partial charge in [-0.15, -0.1) is 0 Å². The summed E-state index contributed by atoms with van der Waals surface area (Å²) in [4.78, 5) is 12.8. The third-order valence-electron chi connectivity index (χ3n) is 3.03. The van der Waals surface area contributed by atoms with E-state index >= 15 is 0 Å². The maximum Gasteiger partial charge on any atom is 0.303 e. The largest absolute Gasteiger partial charge is 0.481 e. The Labute approximate surface area is 106 Å². The second-order valence-corrected chi connectivity index (χ2v) is 6.59. The summed E-state index contributed by atoms with van der Waals surface area (Å²) in [6.45, 7) is 1.19. The minimum Gasteiger partial charge on any atom is -0.481 e. The molecule has 1 aromatic rings. The lowest BCUT2D eigenvalue weighted by Gasteiger charge is -2.41. The van der Waals surface area contributed by atoms with Gasteiger partial charge in [-0.2, -0.15) is 0 Å². The van der Waals surface area contributed by atoms with Crippen LogP contribution in [0.15, 0.2) is 29.2 Å². The van der Waals surface area contributed by atoms with Gasteiger partial charge in [-0.05, 0) is 12.1 Å². The molecule has 0 unspecified atom stereocenters. The van der Waals surface area contributed by atoms with Gasteiger partial charge in [-0.25, -0.2) is 8.42 Å². The van der Waals surface area contributed by atoms with Crippen LogP contribution in [-0.4, -0.2) is 38.8 Å². The third-order valence-corrected chi connectivity index (χ3v) is 4.17. The van der Waals surface area contributed by atoms with E-state index in [2.05, 4.69) is 0 Å². The molecule has 98 valence electrons. The Hall–Kier alpha value is -1.56. The van der Waals surface area contributed by atoms with Crippen LogP contribution in [0, 0.1) is 5.92 Å². The highest BCUT2D eigenvalue weighted by Crippen LogP contribution is 2.31. The smallest absolute Gasteiger partial charge is 0.303 e. The topological polar surface area (TPSA) is 74.7 Å². The zero-order valence-corrected chi connectivity index (χ0v) is 10.9. The quantitative estimate of drug-likeness (QED) is 0.882. The van der Waals surface area contributed by atoms with E-state index in [-0.39, 0.29) is 12.3 Å². The molecule has 1 N–H and O–H groups in total. The number of nitrogens with zero attached hydrogens (tertiary/aromatic N) is 1. The minimum absolute atomic E-state index is 0.107. The van der Waals surface area contributed by atoms with E-state index in [1.807, 2.05) is 4.90 Å². The van der Waals surface area contributed by atoms with E-state index in [1.54, 1.807) is 24.3 Å². The first kappa shape index (κ1) is 12.9. The van der Waals surface area contributed by atoms with Crippen molar-refractivity contribution in [1.29, 1.82) is 0 Å². The van der Waals surface area contributed by atoms with Crippen LogP contribution in [0.3, 0.4) is 0 Å². The van der Waals surface area contributed by atoms with Crippen LogP contribution in [0.1, 0.15) is 6.42 Å². The molecule has 1 saturated heterocycles. The first-order valence-corrected chi connectivity index (χ1v) is 7.53. The van der Waals surface area contributed by atoms with Crippen LogP contribution in [0.25, 0.3) is 0 Å². The second-order valence-electron chi connectivity index (χ2n) is 4.61. The lowest BCUT2D eigenvalue weighted by atomic mass is 9.96. The zero-order valence-electron chi connectivity index (χ0n) is 10.0. The van der Waals surface area contributed by atoms with Crippen molar-refractivity contribution in [3.05, 3.63) is 24.3 Å². The lowest BCUT2D eigenvalue weighted by Crippen LogP contribution is -2.48. The molecule has 0 aliphatic carbocycles. The maximum atomic E-state index is 11.6. The van der Waals surface area contributed by atoms with E-state index in [0.717, 1.165) is 0 Å². The molecule has 0 radical (unpaired) electrons. The predicted molar refractivity (Wildman–Crippen MR) is 67.5 cm³/mol. The van der Waals surface area contributed by atoms with Crippen LogP contribution < -0.4 is 4.90 Å². The summed E-state index contributed by atoms with van der Waals surface area (Å²) >= 11 is 0. The molecule has 2 rings (SSSR count). The molecule has 1 fully saturated rings. The molecule has 1 aromatic carbocycles.